The summed E-state index contributed by atoms with van der Waals surface area (Å²) in [4.78, 5) is 18.3. The smallest absolute Gasteiger partial charge is 0.137 e. The van der Waals surface area contributed by atoms with E-state index in [-0.39, 0.29) is 0 Å². The summed E-state index contributed by atoms with van der Waals surface area (Å²) >= 11 is 0. The topological polar surface area (TPSA) is 38.1 Å². The van der Waals surface area contributed by atoms with E-state index >= 15 is 0 Å². The summed E-state index contributed by atoms with van der Waals surface area (Å²) in [5.74, 6) is 1.90. The van der Waals surface area contributed by atoms with E-state index in [0.29, 0.717) is 11.7 Å². The normalized spacial score (nSPS) is 26.0. The predicted octanol–water partition coefficient (Wildman–Crippen LogP) is 1.07. The number of imidazole rings is 1. The Bertz CT molecular complexity index is 399. The van der Waals surface area contributed by atoms with Crippen LogP contribution in [0.5, 0.6) is 0 Å². The molecule has 4 heteroatoms. The van der Waals surface area contributed by atoms with Crippen molar-refractivity contribution in [1.82, 2.24) is 14.5 Å². The van der Waals surface area contributed by atoms with Crippen LogP contribution in [0.2, 0.25) is 0 Å². The molecular formula is C12H17N3O. The number of fused-ring (bicyclic) bond motifs is 1. The minimum atomic E-state index is 0.293. The Morgan fingerprint density at radius 3 is 3.19 bits per heavy atom. The van der Waals surface area contributed by atoms with Gasteiger partial charge in [0, 0.05) is 44.4 Å². The third-order valence-corrected chi connectivity index (χ3v) is 3.73. The average Bonchev–Trinajstić information content (AvgIpc) is 2.88. The Hall–Kier alpha value is -1.16. The van der Waals surface area contributed by atoms with Crippen LogP contribution in [0.15, 0.2) is 12.4 Å². The number of carbonyl (C=O) groups is 1. The molecule has 1 fully saturated rings. The van der Waals surface area contributed by atoms with Gasteiger partial charge in [-0.2, -0.15) is 0 Å². The fraction of sp³-hybridized carbons (Fsp3) is 0.667. The molecule has 0 spiro atoms. The summed E-state index contributed by atoms with van der Waals surface area (Å²) in [5.41, 5.74) is 0. The molecule has 3 rings (SSSR count). The molecule has 2 heterocycles. The monoisotopic (exact) mass is 219 g/mol. The zero-order valence-corrected chi connectivity index (χ0v) is 9.43. The van der Waals surface area contributed by atoms with Crippen LogP contribution in [-0.4, -0.2) is 33.3 Å². The summed E-state index contributed by atoms with van der Waals surface area (Å²) in [6, 6.07) is 0. The first-order valence-electron chi connectivity index (χ1n) is 6.08. The van der Waals surface area contributed by atoms with Gasteiger partial charge in [0.05, 0.1) is 6.54 Å². The second kappa shape index (κ2) is 4.01. The van der Waals surface area contributed by atoms with Crippen molar-refractivity contribution in [2.45, 2.75) is 32.4 Å². The zero-order chi connectivity index (χ0) is 11.0. The molecule has 0 saturated heterocycles. The average molecular weight is 219 g/mol. The zero-order valence-electron chi connectivity index (χ0n) is 9.43. The van der Waals surface area contributed by atoms with Crippen molar-refractivity contribution < 1.29 is 4.79 Å². The Morgan fingerprint density at radius 2 is 2.38 bits per heavy atom. The minimum Gasteiger partial charge on any atom is -0.333 e. The van der Waals surface area contributed by atoms with Crippen molar-refractivity contribution in [2.75, 3.05) is 13.1 Å². The Morgan fingerprint density at radius 1 is 1.44 bits per heavy atom. The first-order chi connectivity index (χ1) is 7.83. The van der Waals surface area contributed by atoms with Crippen molar-refractivity contribution in [3.05, 3.63) is 18.2 Å². The second-order valence-corrected chi connectivity index (χ2v) is 4.83. The van der Waals surface area contributed by atoms with Crippen LogP contribution in [0.3, 0.4) is 0 Å². The highest BCUT2D eigenvalue weighted by Crippen LogP contribution is 2.23. The van der Waals surface area contributed by atoms with Crippen LogP contribution in [0.1, 0.15) is 25.1 Å². The maximum absolute atomic E-state index is 11.6. The fourth-order valence-electron chi connectivity index (χ4n) is 2.77. The van der Waals surface area contributed by atoms with Gasteiger partial charge in [0.15, 0.2) is 0 Å². The van der Waals surface area contributed by atoms with Crippen LogP contribution in [0.25, 0.3) is 0 Å². The molecule has 0 aromatic carbocycles. The highest BCUT2D eigenvalue weighted by atomic mass is 16.1. The molecule has 1 aromatic heterocycles. The predicted molar refractivity (Wildman–Crippen MR) is 59.9 cm³/mol. The highest BCUT2D eigenvalue weighted by Gasteiger charge is 2.27. The highest BCUT2D eigenvalue weighted by molar-refractivity contribution is 5.83. The lowest BCUT2D eigenvalue weighted by Gasteiger charge is -2.29. The molecule has 16 heavy (non-hydrogen) atoms. The summed E-state index contributed by atoms with van der Waals surface area (Å²) in [5, 5.41) is 0. The van der Waals surface area contributed by atoms with Crippen LogP contribution in [0, 0.1) is 5.92 Å². The van der Waals surface area contributed by atoms with Crippen LogP contribution in [0.4, 0.5) is 0 Å². The van der Waals surface area contributed by atoms with Crippen molar-refractivity contribution in [3.63, 3.8) is 0 Å². The Labute approximate surface area is 95.3 Å². The summed E-state index contributed by atoms with van der Waals surface area (Å²) < 4.78 is 2.20. The van der Waals surface area contributed by atoms with Crippen molar-refractivity contribution >= 4 is 5.78 Å². The maximum Gasteiger partial charge on any atom is 0.137 e. The molecule has 1 aliphatic carbocycles. The van der Waals surface area contributed by atoms with E-state index < -0.39 is 0 Å². The molecule has 86 valence electrons. The van der Waals surface area contributed by atoms with E-state index in [0.717, 1.165) is 51.3 Å². The van der Waals surface area contributed by atoms with Crippen molar-refractivity contribution in [3.8, 4) is 0 Å². The molecule has 2 aliphatic rings. The Balaban J connectivity index is 1.63. The summed E-state index contributed by atoms with van der Waals surface area (Å²) in [6.07, 6.45) is 6.87. The fourth-order valence-corrected chi connectivity index (χ4v) is 2.77. The van der Waals surface area contributed by atoms with Gasteiger partial charge in [0.25, 0.3) is 0 Å². The van der Waals surface area contributed by atoms with Crippen molar-refractivity contribution in [2.24, 2.45) is 5.92 Å². The molecule has 1 atom stereocenters. The number of ketones is 1. The molecule has 0 amide bonds. The molecule has 1 aromatic rings. The van der Waals surface area contributed by atoms with Crippen LogP contribution < -0.4 is 0 Å². The van der Waals surface area contributed by atoms with Crippen molar-refractivity contribution in [1.29, 1.82) is 0 Å². The van der Waals surface area contributed by atoms with E-state index in [1.54, 1.807) is 0 Å². The number of hydrogen-bond acceptors (Lipinski definition) is 3. The third-order valence-electron chi connectivity index (χ3n) is 3.73. The van der Waals surface area contributed by atoms with E-state index in [1.807, 2.05) is 12.4 Å². The van der Waals surface area contributed by atoms with Gasteiger partial charge in [-0.1, -0.05) is 0 Å². The van der Waals surface area contributed by atoms with E-state index in [4.69, 9.17) is 0 Å². The standard InChI is InChI=1S/C12H17N3O/c16-11-3-1-2-10(11)8-14-6-7-15-5-4-13-12(15)9-14/h4-5,10H,1-3,6-9H2. The molecule has 1 saturated carbocycles. The van der Waals surface area contributed by atoms with Gasteiger partial charge >= 0.3 is 0 Å². The number of Topliss-reactive ketones (excluding diaryl/α,β-unsaturated/α-hetero) is 1. The van der Waals surface area contributed by atoms with Crippen LogP contribution in [-0.2, 0) is 17.9 Å². The SMILES string of the molecule is O=C1CCCC1CN1CCn2ccnc2C1. The molecule has 4 nitrogen and oxygen atoms in total. The molecule has 1 aliphatic heterocycles. The van der Waals surface area contributed by atoms with E-state index in [2.05, 4.69) is 14.5 Å². The van der Waals surface area contributed by atoms with Gasteiger partial charge in [-0.15, -0.1) is 0 Å². The van der Waals surface area contributed by atoms with Crippen LogP contribution >= 0.6 is 0 Å². The van der Waals surface area contributed by atoms with Gasteiger partial charge in [-0.25, -0.2) is 4.98 Å². The van der Waals surface area contributed by atoms with Gasteiger partial charge in [0.2, 0.25) is 0 Å². The number of hydrogen-bond donors (Lipinski definition) is 0. The lowest BCUT2D eigenvalue weighted by Crippen LogP contribution is -2.37. The molecule has 0 bridgehead atoms. The Kier molecular flexibility index (Phi) is 2.52. The third kappa shape index (κ3) is 1.78. The summed E-state index contributed by atoms with van der Waals surface area (Å²) in [6.45, 7) is 3.89. The van der Waals surface area contributed by atoms with Gasteiger partial charge in [-0.05, 0) is 12.8 Å². The van der Waals surface area contributed by atoms with Gasteiger partial charge in [-0.3, -0.25) is 9.69 Å². The van der Waals surface area contributed by atoms with E-state index in [9.17, 15) is 4.79 Å². The molecule has 0 N–H and O–H groups in total. The van der Waals surface area contributed by atoms with Gasteiger partial charge < -0.3 is 4.57 Å². The number of carbonyl (C=O) groups excluding carboxylic acids is 1. The number of aromatic nitrogens is 2. The maximum atomic E-state index is 11.6. The second-order valence-electron chi connectivity index (χ2n) is 4.83. The van der Waals surface area contributed by atoms with E-state index in [1.165, 1.54) is 0 Å². The summed E-state index contributed by atoms with van der Waals surface area (Å²) in [7, 11) is 0. The quantitative estimate of drug-likeness (QED) is 0.746. The molecule has 1 unspecified atom stereocenters. The number of nitrogens with zero attached hydrogens (tertiary/aromatic N) is 3. The first kappa shape index (κ1) is 10.0. The molecule has 0 radical (unpaired) electrons. The first-order valence-corrected chi connectivity index (χ1v) is 6.08. The minimum absolute atomic E-state index is 0.293. The number of rotatable bonds is 2. The lowest BCUT2D eigenvalue weighted by molar-refractivity contribution is -0.121. The van der Waals surface area contributed by atoms with Gasteiger partial charge in [0.1, 0.15) is 11.6 Å². The largest absolute Gasteiger partial charge is 0.333 e. The molecular weight excluding hydrogens is 202 g/mol. The lowest BCUT2D eigenvalue weighted by atomic mass is 10.1.